The van der Waals surface area contributed by atoms with Gasteiger partial charge in [0.05, 0.1) is 0 Å². The molecule has 0 amide bonds. The molecule has 0 aliphatic rings. The molecule has 0 fully saturated rings. The topological polar surface area (TPSA) is 3.24 Å². The van der Waals surface area contributed by atoms with Gasteiger partial charge in [-0.25, -0.2) is 0 Å². The summed E-state index contributed by atoms with van der Waals surface area (Å²) in [5.74, 6) is 0. The van der Waals surface area contributed by atoms with E-state index in [0.717, 1.165) is 12.8 Å². The predicted molar refractivity (Wildman–Crippen MR) is 123 cm³/mol. The van der Waals surface area contributed by atoms with Gasteiger partial charge in [0.25, 0.3) is 0 Å². The second kappa shape index (κ2) is 10.8. The molecular formula is C25H31NS. The molecule has 0 radical (unpaired) electrons. The smallest absolute Gasteiger partial charge is 0.0462 e. The fraction of sp³-hybridized carbons (Fsp3) is 0.280. The van der Waals surface area contributed by atoms with Crippen molar-refractivity contribution in [1.29, 1.82) is 0 Å². The third-order valence-electron chi connectivity index (χ3n) is 4.54. The minimum absolute atomic E-state index is 1.06. The molecule has 3 aromatic carbocycles. The van der Waals surface area contributed by atoms with Crippen LogP contribution in [0.1, 0.15) is 38.8 Å². The van der Waals surface area contributed by atoms with Crippen molar-refractivity contribution in [2.75, 3.05) is 11.2 Å². The van der Waals surface area contributed by atoms with Crippen molar-refractivity contribution in [3.63, 3.8) is 0 Å². The van der Waals surface area contributed by atoms with E-state index in [2.05, 4.69) is 97.8 Å². The maximum atomic E-state index is 2.32. The van der Waals surface area contributed by atoms with Crippen LogP contribution in [-0.2, 0) is 12.8 Å². The summed E-state index contributed by atoms with van der Waals surface area (Å²) in [5, 5.41) is 0. The molecular weight excluding hydrogens is 346 g/mol. The highest BCUT2D eigenvalue weighted by atomic mass is 32.2. The van der Waals surface area contributed by atoms with E-state index in [-0.39, 0.29) is 0 Å². The summed E-state index contributed by atoms with van der Waals surface area (Å²) in [5.41, 5.74) is 6.30. The van der Waals surface area contributed by atoms with Gasteiger partial charge < -0.3 is 4.90 Å². The van der Waals surface area contributed by atoms with E-state index in [1.54, 1.807) is 11.8 Å². The van der Waals surface area contributed by atoms with E-state index >= 15 is 0 Å². The van der Waals surface area contributed by atoms with Crippen LogP contribution in [0.25, 0.3) is 0 Å². The predicted octanol–water partition coefficient (Wildman–Crippen LogP) is 8.03. The first-order valence-electron chi connectivity index (χ1n) is 9.87. The van der Waals surface area contributed by atoms with Crippen LogP contribution in [0.2, 0.25) is 0 Å². The largest absolute Gasteiger partial charge is 0.311 e. The normalized spacial score (nSPS) is 10.1. The average molecular weight is 378 g/mol. The molecule has 0 saturated carbocycles. The summed E-state index contributed by atoms with van der Waals surface area (Å²) < 4.78 is 0. The lowest BCUT2D eigenvalue weighted by Crippen LogP contribution is -2.10. The summed E-state index contributed by atoms with van der Waals surface area (Å²) in [6.07, 6.45) is 4.24. The molecule has 0 saturated heterocycles. The standard InChI is InChI=1S/C23H25NS.C2H6/c1-4-18-6-10-20(11-7-18)24(21-12-8-19(5-2)9-13-21)22-14-16-23(25-3)17-15-22;1-2/h6-17H,4-5H2,1-3H3;1-2H3. The lowest BCUT2D eigenvalue weighted by atomic mass is 10.1. The van der Waals surface area contributed by atoms with Crippen LogP contribution in [0.5, 0.6) is 0 Å². The summed E-state index contributed by atoms with van der Waals surface area (Å²) in [7, 11) is 0. The third kappa shape index (κ3) is 5.40. The van der Waals surface area contributed by atoms with Crippen molar-refractivity contribution >= 4 is 28.8 Å². The van der Waals surface area contributed by atoms with E-state index in [1.807, 2.05) is 13.8 Å². The summed E-state index contributed by atoms with van der Waals surface area (Å²) in [4.78, 5) is 3.61. The number of anilines is 3. The SMILES string of the molecule is CC.CCc1ccc(N(c2ccc(CC)cc2)c2ccc(SC)cc2)cc1. The fourth-order valence-corrected chi connectivity index (χ4v) is 3.35. The Morgan fingerprint density at radius 3 is 1.22 bits per heavy atom. The van der Waals surface area contributed by atoms with Gasteiger partial charge in [-0.05, 0) is 78.8 Å². The Morgan fingerprint density at radius 2 is 0.926 bits per heavy atom. The van der Waals surface area contributed by atoms with Gasteiger partial charge in [0.2, 0.25) is 0 Å². The molecule has 0 aliphatic carbocycles. The van der Waals surface area contributed by atoms with Crippen LogP contribution < -0.4 is 4.90 Å². The lowest BCUT2D eigenvalue weighted by Gasteiger charge is -2.26. The summed E-state index contributed by atoms with van der Waals surface area (Å²) in [6.45, 7) is 8.38. The molecule has 0 atom stereocenters. The van der Waals surface area contributed by atoms with E-state index in [9.17, 15) is 0 Å². The third-order valence-corrected chi connectivity index (χ3v) is 5.28. The number of aryl methyl sites for hydroxylation is 2. The number of thioether (sulfide) groups is 1. The van der Waals surface area contributed by atoms with Crippen LogP contribution in [-0.4, -0.2) is 6.26 Å². The Hall–Kier alpha value is -2.19. The lowest BCUT2D eigenvalue weighted by molar-refractivity contribution is 1.13. The maximum Gasteiger partial charge on any atom is 0.0462 e. The van der Waals surface area contributed by atoms with Gasteiger partial charge in [-0.2, -0.15) is 0 Å². The molecule has 27 heavy (non-hydrogen) atoms. The minimum atomic E-state index is 1.06. The molecule has 0 N–H and O–H groups in total. The Bertz CT molecular complexity index is 676. The Kier molecular flexibility index (Phi) is 8.47. The van der Waals surface area contributed by atoms with Crippen molar-refractivity contribution in [2.45, 2.75) is 45.4 Å². The molecule has 142 valence electrons. The second-order valence-corrected chi connectivity index (χ2v) is 6.95. The van der Waals surface area contributed by atoms with E-state index < -0.39 is 0 Å². The first-order chi connectivity index (χ1) is 13.2. The maximum absolute atomic E-state index is 2.32. The van der Waals surface area contributed by atoms with Crippen LogP contribution in [0.15, 0.2) is 77.7 Å². The first-order valence-corrected chi connectivity index (χ1v) is 11.1. The van der Waals surface area contributed by atoms with Gasteiger partial charge in [-0.3, -0.25) is 0 Å². The van der Waals surface area contributed by atoms with Crippen molar-refractivity contribution in [3.8, 4) is 0 Å². The zero-order valence-electron chi connectivity index (χ0n) is 17.2. The van der Waals surface area contributed by atoms with Crippen molar-refractivity contribution in [1.82, 2.24) is 0 Å². The quantitative estimate of drug-likeness (QED) is 0.400. The molecule has 0 aliphatic heterocycles. The van der Waals surface area contributed by atoms with Gasteiger partial charge in [0.1, 0.15) is 0 Å². The Morgan fingerprint density at radius 1 is 0.593 bits per heavy atom. The van der Waals surface area contributed by atoms with Gasteiger partial charge in [-0.15, -0.1) is 11.8 Å². The van der Waals surface area contributed by atoms with E-state index in [0.29, 0.717) is 0 Å². The average Bonchev–Trinajstić information content (AvgIpc) is 2.77. The van der Waals surface area contributed by atoms with Crippen LogP contribution in [0.3, 0.4) is 0 Å². The Labute approximate surface area is 169 Å². The zero-order valence-corrected chi connectivity index (χ0v) is 18.0. The monoisotopic (exact) mass is 377 g/mol. The Balaban J connectivity index is 0.00000126. The molecule has 0 bridgehead atoms. The van der Waals surface area contributed by atoms with Gasteiger partial charge in [0.15, 0.2) is 0 Å². The fourth-order valence-electron chi connectivity index (χ4n) is 2.94. The van der Waals surface area contributed by atoms with Crippen molar-refractivity contribution < 1.29 is 0 Å². The molecule has 0 spiro atoms. The van der Waals surface area contributed by atoms with Crippen LogP contribution in [0, 0.1) is 0 Å². The van der Waals surface area contributed by atoms with Crippen LogP contribution in [0.4, 0.5) is 17.1 Å². The van der Waals surface area contributed by atoms with E-state index in [1.165, 1.54) is 33.1 Å². The number of rotatable bonds is 6. The van der Waals surface area contributed by atoms with Crippen molar-refractivity contribution in [3.05, 3.63) is 83.9 Å². The molecule has 2 heteroatoms. The van der Waals surface area contributed by atoms with Gasteiger partial charge in [0, 0.05) is 22.0 Å². The number of benzene rings is 3. The second-order valence-electron chi connectivity index (χ2n) is 6.07. The highest BCUT2D eigenvalue weighted by molar-refractivity contribution is 7.98. The number of hydrogen-bond acceptors (Lipinski definition) is 2. The molecule has 0 heterocycles. The first kappa shape index (κ1) is 21.1. The van der Waals surface area contributed by atoms with Gasteiger partial charge >= 0.3 is 0 Å². The number of nitrogens with zero attached hydrogens (tertiary/aromatic N) is 1. The summed E-state index contributed by atoms with van der Waals surface area (Å²) >= 11 is 1.77. The van der Waals surface area contributed by atoms with E-state index in [4.69, 9.17) is 0 Å². The van der Waals surface area contributed by atoms with Gasteiger partial charge in [-0.1, -0.05) is 52.0 Å². The molecule has 3 rings (SSSR count). The molecule has 3 aromatic rings. The number of hydrogen-bond donors (Lipinski definition) is 0. The summed E-state index contributed by atoms with van der Waals surface area (Å²) in [6, 6.07) is 26.5. The highest BCUT2D eigenvalue weighted by Crippen LogP contribution is 2.35. The minimum Gasteiger partial charge on any atom is -0.311 e. The van der Waals surface area contributed by atoms with Crippen molar-refractivity contribution in [2.24, 2.45) is 0 Å². The van der Waals surface area contributed by atoms with Crippen LogP contribution >= 0.6 is 11.8 Å². The molecule has 0 unspecified atom stereocenters. The molecule has 1 nitrogen and oxygen atoms in total. The molecule has 0 aromatic heterocycles. The zero-order chi connectivity index (χ0) is 19.6. The highest BCUT2D eigenvalue weighted by Gasteiger charge is 2.12.